The molecule has 0 amide bonds. The van der Waals surface area contributed by atoms with Gasteiger partial charge in [0.05, 0.1) is 0 Å². The van der Waals surface area contributed by atoms with Gasteiger partial charge in [-0.3, -0.25) is 0 Å². The maximum atomic E-state index is 5.66. The highest BCUT2D eigenvalue weighted by molar-refractivity contribution is 5.32. The van der Waals surface area contributed by atoms with Crippen LogP contribution in [0.5, 0.6) is 0 Å². The van der Waals surface area contributed by atoms with Crippen LogP contribution in [0.4, 0.5) is 11.9 Å². The molecular weight excluding hydrogens is 226 g/mol. The number of hydrogen-bond donors (Lipinski definition) is 2. The van der Waals surface area contributed by atoms with Gasteiger partial charge in [0.25, 0.3) is 0 Å². The van der Waals surface area contributed by atoms with Gasteiger partial charge in [-0.05, 0) is 16.7 Å². The highest BCUT2D eigenvalue weighted by Crippen LogP contribution is 2.68. The summed E-state index contributed by atoms with van der Waals surface area (Å²) in [5.41, 5.74) is 6.40. The van der Waals surface area contributed by atoms with Crippen LogP contribution in [0.15, 0.2) is 0 Å². The van der Waals surface area contributed by atoms with Gasteiger partial charge in [0.15, 0.2) is 0 Å². The summed E-state index contributed by atoms with van der Waals surface area (Å²) < 4.78 is 0. The Morgan fingerprint density at radius 3 is 2.22 bits per heavy atom. The van der Waals surface area contributed by atoms with Crippen molar-refractivity contribution < 1.29 is 0 Å². The molecule has 1 aromatic heterocycles. The van der Waals surface area contributed by atoms with E-state index in [0.717, 1.165) is 18.8 Å². The van der Waals surface area contributed by atoms with E-state index in [-0.39, 0.29) is 0 Å². The zero-order valence-corrected chi connectivity index (χ0v) is 11.9. The van der Waals surface area contributed by atoms with Crippen molar-refractivity contribution in [3.8, 4) is 0 Å². The average molecular weight is 249 g/mol. The lowest BCUT2D eigenvalue weighted by atomic mass is 10.0. The van der Waals surface area contributed by atoms with Crippen LogP contribution in [0.3, 0.4) is 0 Å². The summed E-state index contributed by atoms with van der Waals surface area (Å²) in [5, 5.41) is 3.29. The zero-order valence-electron chi connectivity index (χ0n) is 11.9. The first-order chi connectivity index (χ1) is 8.29. The number of anilines is 2. The number of aryl methyl sites for hydroxylation is 1. The van der Waals surface area contributed by atoms with Crippen molar-refractivity contribution in [2.45, 2.75) is 41.0 Å². The molecule has 18 heavy (non-hydrogen) atoms. The molecule has 1 aliphatic carbocycles. The number of aromatic nitrogens is 3. The van der Waals surface area contributed by atoms with Crippen LogP contribution in [0.25, 0.3) is 0 Å². The maximum absolute atomic E-state index is 5.66. The molecule has 3 N–H and O–H groups in total. The molecule has 0 spiro atoms. The molecule has 0 aromatic carbocycles. The Morgan fingerprint density at radius 2 is 1.72 bits per heavy atom. The van der Waals surface area contributed by atoms with E-state index in [1.165, 1.54) is 0 Å². The number of rotatable bonds is 4. The Hall–Kier alpha value is -1.39. The summed E-state index contributed by atoms with van der Waals surface area (Å²) in [6.45, 7) is 12.1. The third kappa shape index (κ3) is 2.02. The summed E-state index contributed by atoms with van der Waals surface area (Å²) >= 11 is 0. The highest BCUT2D eigenvalue weighted by atomic mass is 15.2. The van der Waals surface area contributed by atoms with Crippen LogP contribution >= 0.6 is 0 Å². The Bertz CT molecular complexity index is 439. The van der Waals surface area contributed by atoms with Gasteiger partial charge in [-0.2, -0.15) is 15.0 Å². The van der Waals surface area contributed by atoms with E-state index in [1.54, 1.807) is 0 Å². The molecule has 1 heterocycles. The van der Waals surface area contributed by atoms with E-state index in [9.17, 15) is 0 Å². The number of hydrogen-bond acceptors (Lipinski definition) is 5. The molecule has 0 aliphatic heterocycles. The summed E-state index contributed by atoms with van der Waals surface area (Å²) in [7, 11) is 0. The Labute approximate surface area is 109 Å². The Kier molecular flexibility index (Phi) is 2.95. The molecule has 100 valence electrons. The minimum absolute atomic E-state index is 0.290. The van der Waals surface area contributed by atoms with Crippen LogP contribution in [-0.4, -0.2) is 21.5 Å². The van der Waals surface area contributed by atoms with Gasteiger partial charge in [-0.1, -0.05) is 34.6 Å². The van der Waals surface area contributed by atoms with Crippen LogP contribution in [0, 0.1) is 16.7 Å². The summed E-state index contributed by atoms with van der Waals surface area (Å²) in [6, 6.07) is 0. The lowest BCUT2D eigenvalue weighted by Gasteiger charge is -2.07. The molecule has 2 rings (SSSR count). The van der Waals surface area contributed by atoms with Crippen LogP contribution in [0.2, 0.25) is 0 Å². The molecule has 1 aliphatic rings. The first kappa shape index (κ1) is 13.1. The van der Waals surface area contributed by atoms with Crippen LogP contribution in [0.1, 0.15) is 40.4 Å². The molecule has 0 unspecified atom stereocenters. The lowest BCUT2D eigenvalue weighted by molar-refractivity contribution is 0.457. The summed E-state index contributed by atoms with van der Waals surface area (Å²) in [4.78, 5) is 12.5. The molecule has 5 heteroatoms. The predicted molar refractivity (Wildman–Crippen MR) is 73.2 cm³/mol. The van der Waals surface area contributed by atoms with Crippen molar-refractivity contribution in [3.63, 3.8) is 0 Å². The predicted octanol–water partition coefficient (Wildman–Crippen LogP) is 2.11. The van der Waals surface area contributed by atoms with E-state index in [4.69, 9.17) is 5.73 Å². The molecule has 1 aromatic rings. The van der Waals surface area contributed by atoms with E-state index >= 15 is 0 Å². The van der Waals surface area contributed by atoms with Crippen molar-refractivity contribution in [1.29, 1.82) is 0 Å². The van der Waals surface area contributed by atoms with Crippen LogP contribution < -0.4 is 11.1 Å². The topological polar surface area (TPSA) is 76.7 Å². The number of nitrogens with two attached hydrogens (primary N) is 1. The standard InChI is InChI=1S/C13H23N5/c1-6-9-16-10(14)18-11(17-9)15-7-8-12(2,3)13(8,4)5/h8H,6-7H2,1-5H3,(H3,14,15,16,17,18). The fourth-order valence-electron chi connectivity index (χ4n) is 2.71. The molecule has 1 saturated carbocycles. The number of nitrogens with one attached hydrogen (secondary N) is 1. The fraction of sp³-hybridized carbons (Fsp3) is 0.769. The third-order valence-corrected chi connectivity index (χ3v) is 4.80. The smallest absolute Gasteiger partial charge is 0.227 e. The third-order valence-electron chi connectivity index (χ3n) is 4.80. The molecule has 0 saturated heterocycles. The molecule has 1 fully saturated rings. The second-order valence-corrected chi connectivity index (χ2v) is 6.16. The van der Waals surface area contributed by atoms with E-state index in [2.05, 4.69) is 48.0 Å². The first-order valence-corrected chi connectivity index (χ1v) is 6.53. The van der Waals surface area contributed by atoms with Crippen molar-refractivity contribution in [3.05, 3.63) is 5.82 Å². The normalized spacial score (nSPS) is 20.7. The van der Waals surface area contributed by atoms with E-state index < -0.39 is 0 Å². The van der Waals surface area contributed by atoms with E-state index in [0.29, 0.717) is 28.6 Å². The Balaban J connectivity index is 2.02. The number of nitrogens with zero attached hydrogens (tertiary/aromatic N) is 3. The SMILES string of the molecule is CCc1nc(N)nc(NCC2C(C)(C)C2(C)C)n1. The lowest BCUT2D eigenvalue weighted by Crippen LogP contribution is -2.13. The largest absolute Gasteiger partial charge is 0.368 e. The van der Waals surface area contributed by atoms with Gasteiger partial charge in [-0.25, -0.2) is 0 Å². The zero-order chi connectivity index (χ0) is 13.6. The van der Waals surface area contributed by atoms with Gasteiger partial charge in [0.1, 0.15) is 5.82 Å². The Morgan fingerprint density at radius 1 is 1.11 bits per heavy atom. The second-order valence-electron chi connectivity index (χ2n) is 6.16. The summed E-state index contributed by atoms with van der Waals surface area (Å²) in [5.74, 6) is 2.25. The molecular formula is C13H23N5. The van der Waals surface area contributed by atoms with Gasteiger partial charge >= 0.3 is 0 Å². The van der Waals surface area contributed by atoms with Crippen molar-refractivity contribution in [2.75, 3.05) is 17.6 Å². The van der Waals surface area contributed by atoms with E-state index in [1.807, 2.05) is 6.92 Å². The van der Waals surface area contributed by atoms with Crippen molar-refractivity contribution in [2.24, 2.45) is 16.7 Å². The second kappa shape index (κ2) is 4.07. The van der Waals surface area contributed by atoms with Gasteiger partial charge in [0, 0.05) is 13.0 Å². The molecule has 0 bridgehead atoms. The summed E-state index contributed by atoms with van der Waals surface area (Å²) in [6.07, 6.45) is 0.766. The quantitative estimate of drug-likeness (QED) is 0.854. The monoisotopic (exact) mass is 249 g/mol. The molecule has 5 nitrogen and oxygen atoms in total. The van der Waals surface area contributed by atoms with Crippen LogP contribution in [-0.2, 0) is 6.42 Å². The maximum Gasteiger partial charge on any atom is 0.227 e. The number of nitrogen functional groups attached to an aromatic ring is 1. The minimum atomic E-state index is 0.290. The van der Waals surface area contributed by atoms with Gasteiger partial charge < -0.3 is 11.1 Å². The van der Waals surface area contributed by atoms with Crippen molar-refractivity contribution >= 4 is 11.9 Å². The minimum Gasteiger partial charge on any atom is -0.368 e. The highest BCUT2D eigenvalue weighted by Gasteiger charge is 2.64. The van der Waals surface area contributed by atoms with Gasteiger partial charge in [0.2, 0.25) is 11.9 Å². The molecule has 0 radical (unpaired) electrons. The van der Waals surface area contributed by atoms with Crippen molar-refractivity contribution in [1.82, 2.24) is 15.0 Å². The average Bonchev–Trinajstić information content (AvgIpc) is 2.66. The van der Waals surface area contributed by atoms with Gasteiger partial charge in [-0.15, -0.1) is 0 Å². The molecule has 0 atom stereocenters. The fourth-order valence-corrected chi connectivity index (χ4v) is 2.71. The first-order valence-electron chi connectivity index (χ1n) is 6.53.